The van der Waals surface area contributed by atoms with Gasteiger partial charge in [0, 0.05) is 19.3 Å². The van der Waals surface area contributed by atoms with Crippen LogP contribution in [-0.4, -0.2) is 35.6 Å². The molecule has 0 fully saturated rings. The fourth-order valence-electron chi connectivity index (χ4n) is 1.64. The summed E-state index contributed by atoms with van der Waals surface area (Å²) in [6.07, 6.45) is 1.32. The van der Waals surface area contributed by atoms with Gasteiger partial charge in [0.1, 0.15) is 5.56 Å². The number of aryl methyl sites for hydroxylation is 1. The van der Waals surface area contributed by atoms with Gasteiger partial charge in [0.2, 0.25) is 0 Å². The van der Waals surface area contributed by atoms with Crippen LogP contribution in [0, 0.1) is 0 Å². The van der Waals surface area contributed by atoms with Crippen molar-refractivity contribution in [1.29, 1.82) is 0 Å². The number of aromatic amines is 1. The number of hydrogen-bond donors (Lipinski definition) is 2. The molecule has 2 aromatic heterocycles. The largest absolute Gasteiger partial charge is 0.478 e. The van der Waals surface area contributed by atoms with Crippen LogP contribution >= 0.6 is 11.8 Å². The van der Waals surface area contributed by atoms with Crippen molar-refractivity contribution in [3.8, 4) is 0 Å². The molecule has 0 radical (unpaired) electrons. The fraction of sp³-hybridized carbons (Fsp3) is 0.400. The van der Waals surface area contributed by atoms with Gasteiger partial charge in [-0.25, -0.2) is 14.7 Å². The van der Waals surface area contributed by atoms with Crippen molar-refractivity contribution in [3.63, 3.8) is 0 Å². The Bertz CT molecular complexity index is 656. The number of thioether (sulfide) groups is 1. The van der Waals surface area contributed by atoms with E-state index < -0.39 is 5.97 Å². The maximum atomic E-state index is 11.4. The zero-order chi connectivity index (χ0) is 14.0. The molecule has 0 aliphatic heterocycles. The van der Waals surface area contributed by atoms with Crippen molar-refractivity contribution in [2.24, 2.45) is 7.05 Å². The summed E-state index contributed by atoms with van der Waals surface area (Å²) in [6.45, 7) is 2.35. The highest BCUT2D eigenvalue weighted by atomic mass is 32.2. The molecule has 0 aliphatic rings. The van der Waals surface area contributed by atoms with E-state index in [-0.39, 0.29) is 11.3 Å². The summed E-state index contributed by atoms with van der Waals surface area (Å²) < 4.78 is 3.00. The van der Waals surface area contributed by atoms with Gasteiger partial charge in [0.05, 0.1) is 11.9 Å². The molecule has 0 unspecified atom stereocenters. The van der Waals surface area contributed by atoms with E-state index >= 15 is 0 Å². The molecule has 2 aromatic rings. The molecule has 2 N–H and O–H groups in total. The highest BCUT2D eigenvalue weighted by Gasteiger charge is 2.16. The molecule has 0 spiro atoms. The van der Waals surface area contributed by atoms with Crippen LogP contribution in [0.25, 0.3) is 0 Å². The summed E-state index contributed by atoms with van der Waals surface area (Å²) >= 11 is 1.29. The van der Waals surface area contributed by atoms with Crippen molar-refractivity contribution >= 4 is 17.7 Å². The number of aromatic carboxylic acids is 1. The Morgan fingerprint density at radius 2 is 2.32 bits per heavy atom. The van der Waals surface area contributed by atoms with Crippen LogP contribution in [0.2, 0.25) is 0 Å². The van der Waals surface area contributed by atoms with Crippen molar-refractivity contribution in [1.82, 2.24) is 24.5 Å². The van der Waals surface area contributed by atoms with Crippen molar-refractivity contribution < 1.29 is 9.90 Å². The molecule has 9 heteroatoms. The maximum absolute atomic E-state index is 11.4. The van der Waals surface area contributed by atoms with Crippen LogP contribution in [0.3, 0.4) is 0 Å². The van der Waals surface area contributed by atoms with E-state index in [4.69, 9.17) is 5.11 Å². The van der Waals surface area contributed by atoms with Crippen molar-refractivity contribution in [2.75, 3.05) is 0 Å². The minimum absolute atomic E-state index is 0.163. The first kappa shape index (κ1) is 13.4. The second-order valence-electron chi connectivity index (χ2n) is 3.78. The Labute approximate surface area is 112 Å². The van der Waals surface area contributed by atoms with Gasteiger partial charge in [-0.3, -0.25) is 9.25 Å². The number of carbonyl (C=O) groups is 1. The average Bonchev–Trinajstić information content (AvgIpc) is 2.90. The first-order valence-corrected chi connectivity index (χ1v) is 6.55. The summed E-state index contributed by atoms with van der Waals surface area (Å²) in [5.74, 6) is -0.638. The summed E-state index contributed by atoms with van der Waals surface area (Å²) in [4.78, 5) is 22.4. The SMILES string of the molecule is CCn1c(SCc2c(C(=O)O)cnn2C)n[nH]c1=O. The molecule has 0 bridgehead atoms. The molecule has 2 rings (SSSR count). The zero-order valence-corrected chi connectivity index (χ0v) is 11.3. The lowest BCUT2D eigenvalue weighted by molar-refractivity contribution is 0.0696. The number of nitrogens with one attached hydrogen (secondary N) is 1. The molecule has 8 nitrogen and oxygen atoms in total. The second-order valence-corrected chi connectivity index (χ2v) is 4.72. The van der Waals surface area contributed by atoms with Crippen molar-refractivity contribution in [3.05, 3.63) is 27.9 Å². The smallest absolute Gasteiger partial charge is 0.343 e. The van der Waals surface area contributed by atoms with E-state index in [1.165, 1.54) is 27.2 Å². The minimum Gasteiger partial charge on any atom is -0.478 e. The van der Waals surface area contributed by atoms with Crippen molar-refractivity contribution in [2.45, 2.75) is 24.4 Å². The molecule has 2 heterocycles. The van der Waals surface area contributed by atoms with Crippen LogP contribution in [0.1, 0.15) is 23.0 Å². The number of hydrogen-bond acceptors (Lipinski definition) is 5. The fourth-order valence-corrected chi connectivity index (χ4v) is 2.72. The summed E-state index contributed by atoms with van der Waals surface area (Å²) in [5, 5.41) is 19.8. The Kier molecular flexibility index (Phi) is 3.74. The molecular weight excluding hydrogens is 270 g/mol. The number of rotatable bonds is 5. The molecule has 0 aliphatic carbocycles. The number of aromatic nitrogens is 5. The highest BCUT2D eigenvalue weighted by molar-refractivity contribution is 7.98. The van der Waals surface area contributed by atoms with Gasteiger partial charge in [-0.05, 0) is 6.92 Å². The predicted octanol–water partition coefficient (Wildman–Crippen LogP) is 0.315. The Balaban J connectivity index is 2.21. The van der Waals surface area contributed by atoms with Gasteiger partial charge in [-0.1, -0.05) is 11.8 Å². The lowest BCUT2D eigenvalue weighted by atomic mass is 10.3. The summed E-state index contributed by atoms with van der Waals surface area (Å²) in [6, 6.07) is 0. The van der Waals surface area contributed by atoms with E-state index in [9.17, 15) is 9.59 Å². The molecular formula is C10H13N5O3S. The zero-order valence-electron chi connectivity index (χ0n) is 10.5. The second kappa shape index (κ2) is 5.31. The number of carboxylic acids is 1. The van der Waals surface area contributed by atoms with Gasteiger partial charge in [-0.2, -0.15) is 5.10 Å². The van der Waals surface area contributed by atoms with Crippen LogP contribution in [-0.2, 0) is 19.3 Å². The Morgan fingerprint density at radius 3 is 2.95 bits per heavy atom. The first-order chi connectivity index (χ1) is 9.04. The third-order valence-corrected chi connectivity index (χ3v) is 3.66. The molecule has 0 atom stereocenters. The summed E-state index contributed by atoms with van der Waals surface area (Å²) in [5.41, 5.74) is 0.472. The van der Waals surface area contributed by atoms with E-state index in [2.05, 4.69) is 15.3 Å². The molecule has 0 saturated carbocycles. The lowest BCUT2D eigenvalue weighted by Gasteiger charge is -2.04. The standard InChI is InChI=1S/C10H13N5O3S/c1-3-15-9(18)12-13-10(15)19-5-7-6(8(16)17)4-11-14(7)2/h4H,3,5H2,1-2H3,(H,12,18)(H,16,17). The Hall–Kier alpha value is -2.03. The third-order valence-electron chi connectivity index (χ3n) is 2.67. The van der Waals surface area contributed by atoms with Gasteiger partial charge in [0.15, 0.2) is 5.16 Å². The normalized spacial score (nSPS) is 10.8. The van der Waals surface area contributed by atoms with Crippen LogP contribution < -0.4 is 5.69 Å². The lowest BCUT2D eigenvalue weighted by Crippen LogP contribution is -2.16. The van der Waals surface area contributed by atoms with E-state index in [0.717, 1.165) is 0 Å². The number of nitrogens with zero attached hydrogens (tertiary/aromatic N) is 4. The van der Waals surface area contributed by atoms with Crippen LogP contribution in [0.4, 0.5) is 0 Å². The third kappa shape index (κ3) is 2.55. The van der Waals surface area contributed by atoms with Crippen LogP contribution in [0.15, 0.2) is 16.1 Å². The van der Waals surface area contributed by atoms with E-state index in [1.807, 2.05) is 6.92 Å². The van der Waals surface area contributed by atoms with Gasteiger partial charge >= 0.3 is 11.7 Å². The monoisotopic (exact) mass is 283 g/mol. The predicted molar refractivity (Wildman–Crippen MR) is 68.2 cm³/mol. The average molecular weight is 283 g/mol. The van der Waals surface area contributed by atoms with Gasteiger partial charge in [-0.15, -0.1) is 5.10 Å². The summed E-state index contributed by atoms with van der Waals surface area (Å²) in [7, 11) is 1.68. The maximum Gasteiger partial charge on any atom is 0.343 e. The molecule has 19 heavy (non-hydrogen) atoms. The number of carboxylic acid groups (broad SMARTS) is 1. The molecule has 0 aromatic carbocycles. The van der Waals surface area contributed by atoms with Gasteiger partial charge < -0.3 is 5.11 Å². The van der Waals surface area contributed by atoms with E-state index in [1.54, 1.807) is 7.05 Å². The first-order valence-electron chi connectivity index (χ1n) is 5.56. The van der Waals surface area contributed by atoms with E-state index in [0.29, 0.717) is 23.1 Å². The molecule has 0 amide bonds. The molecule has 0 saturated heterocycles. The molecule has 102 valence electrons. The topological polar surface area (TPSA) is 106 Å². The Morgan fingerprint density at radius 1 is 1.58 bits per heavy atom. The minimum atomic E-state index is -1.02. The quantitative estimate of drug-likeness (QED) is 0.765. The number of H-pyrrole nitrogens is 1. The van der Waals surface area contributed by atoms with Gasteiger partial charge in [0.25, 0.3) is 0 Å². The highest BCUT2D eigenvalue weighted by Crippen LogP contribution is 2.21. The van der Waals surface area contributed by atoms with Crippen LogP contribution in [0.5, 0.6) is 0 Å².